The highest BCUT2D eigenvalue weighted by atomic mass is 32.2. The van der Waals surface area contributed by atoms with Gasteiger partial charge in [0.2, 0.25) is 0 Å². The average Bonchev–Trinajstić information content (AvgIpc) is 2.26. The third kappa shape index (κ3) is 1.81. The Labute approximate surface area is 91.7 Å². The minimum absolute atomic E-state index is 0.179. The fourth-order valence-electron chi connectivity index (χ4n) is 1.63. The molecule has 0 heterocycles. The summed E-state index contributed by atoms with van der Waals surface area (Å²) in [6.45, 7) is 0. The van der Waals surface area contributed by atoms with E-state index in [0.29, 0.717) is 22.6 Å². The number of fused-ring (bicyclic) bond motifs is 1. The van der Waals surface area contributed by atoms with Gasteiger partial charge < -0.3 is 5.53 Å². The highest BCUT2D eigenvalue weighted by Gasteiger charge is 2.15. The molecule has 0 radical (unpaired) electrons. The standard InChI is InChI=1S/C10H8N2O3S/c11-12-8-5-4-7-2-1-3-10(9(7)6-8)16(13,14)15/h1-4,6H,5H2,(H,13,14,15). The Balaban J connectivity index is 2.94. The first-order valence-electron chi connectivity index (χ1n) is 4.52. The van der Waals surface area contributed by atoms with Gasteiger partial charge in [0.25, 0.3) is 15.8 Å². The number of hydrogen-bond acceptors (Lipinski definition) is 2. The molecule has 0 spiro atoms. The van der Waals surface area contributed by atoms with E-state index in [2.05, 4.69) is 4.79 Å². The quantitative estimate of drug-likeness (QED) is 0.407. The van der Waals surface area contributed by atoms with Crippen LogP contribution in [0.3, 0.4) is 0 Å². The van der Waals surface area contributed by atoms with Crippen molar-refractivity contribution in [3.63, 3.8) is 0 Å². The fourth-order valence-corrected chi connectivity index (χ4v) is 2.33. The zero-order valence-corrected chi connectivity index (χ0v) is 8.98. The van der Waals surface area contributed by atoms with Crippen LogP contribution in [0.1, 0.15) is 6.42 Å². The van der Waals surface area contributed by atoms with E-state index < -0.39 is 10.1 Å². The molecule has 0 saturated heterocycles. The van der Waals surface area contributed by atoms with Crippen LogP contribution in [0.2, 0.25) is 0 Å². The van der Waals surface area contributed by atoms with E-state index in [1.54, 1.807) is 18.2 Å². The molecule has 0 saturated carbocycles. The number of hydrogen-bond donors (Lipinski definition) is 1. The number of rotatable bonds is 1. The van der Waals surface area contributed by atoms with Crippen LogP contribution >= 0.6 is 0 Å². The van der Waals surface area contributed by atoms with Gasteiger partial charge in [-0.2, -0.15) is 13.2 Å². The van der Waals surface area contributed by atoms with Crippen molar-refractivity contribution in [2.45, 2.75) is 11.3 Å². The smallest absolute Gasteiger partial charge is 0.296 e. The minimum Gasteiger partial charge on any atom is -0.361 e. The molecule has 0 aromatic heterocycles. The van der Waals surface area contributed by atoms with Gasteiger partial charge in [-0.15, -0.1) is 0 Å². The van der Waals surface area contributed by atoms with Crippen molar-refractivity contribution in [2.24, 2.45) is 0 Å². The molecule has 0 atom stereocenters. The third-order valence-electron chi connectivity index (χ3n) is 2.35. The lowest BCUT2D eigenvalue weighted by atomic mass is 10.1. The Morgan fingerprint density at radius 3 is 2.75 bits per heavy atom. The summed E-state index contributed by atoms with van der Waals surface area (Å²) in [6, 6.07) is 4.58. The molecular formula is C10H8N2O3S. The van der Waals surface area contributed by atoms with Gasteiger partial charge in [0.15, 0.2) is 0 Å². The van der Waals surface area contributed by atoms with E-state index in [4.69, 9.17) is 10.1 Å². The van der Waals surface area contributed by atoms with Gasteiger partial charge in [-0.25, -0.2) is 0 Å². The van der Waals surface area contributed by atoms with Gasteiger partial charge in [-0.3, -0.25) is 4.55 Å². The van der Waals surface area contributed by atoms with Crippen LogP contribution in [0.5, 0.6) is 0 Å². The van der Waals surface area contributed by atoms with Crippen LogP contribution in [0.15, 0.2) is 23.1 Å². The summed E-state index contributed by atoms with van der Waals surface area (Å²) in [5, 5.41) is 1.05. The number of nitrogens with zero attached hydrogens (tertiary/aromatic N) is 2. The summed E-state index contributed by atoms with van der Waals surface area (Å²) in [5.41, 5.74) is 8.99. The van der Waals surface area contributed by atoms with Gasteiger partial charge in [0, 0.05) is 11.3 Å². The monoisotopic (exact) mass is 236 g/mol. The second-order valence-electron chi connectivity index (χ2n) is 3.38. The van der Waals surface area contributed by atoms with Gasteiger partial charge in [-0.1, -0.05) is 18.2 Å². The molecule has 0 unspecified atom stereocenters. The maximum atomic E-state index is 11.1. The van der Waals surface area contributed by atoms with Crippen molar-refractivity contribution >= 4 is 28.0 Å². The van der Waals surface area contributed by atoms with E-state index in [1.807, 2.05) is 0 Å². The molecule has 1 aliphatic carbocycles. The lowest BCUT2D eigenvalue weighted by Crippen LogP contribution is -2.33. The first-order valence-corrected chi connectivity index (χ1v) is 5.96. The molecule has 1 aliphatic rings. The van der Waals surface area contributed by atoms with E-state index in [9.17, 15) is 8.42 Å². The maximum Gasteiger partial charge on any atom is 0.296 e. The second-order valence-corrected chi connectivity index (χ2v) is 4.77. The first kappa shape index (κ1) is 10.8. The summed E-state index contributed by atoms with van der Waals surface area (Å²) in [4.78, 5) is 2.84. The summed E-state index contributed by atoms with van der Waals surface area (Å²) < 4.78 is 31.3. The molecule has 2 rings (SSSR count). The van der Waals surface area contributed by atoms with Crippen molar-refractivity contribution in [1.82, 2.24) is 0 Å². The summed E-state index contributed by atoms with van der Waals surface area (Å²) >= 11 is 0. The normalized spacial score (nSPS) is 14.4. The van der Waals surface area contributed by atoms with Gasteiger partial charge in [-0.05, 0) is 11.3 Å². The molecule has 6 heteroatoms. The molecule has 1 N–H and O–H groups in total. The first-order chi connectivity index (χ1) is 7.52. The van der Waals surface area contributed by atoms with Crippen LogP contribution in [0.4, 0.5) is 0 Å². The second kappa shape index (κ2) is 3.68. The molecule has 0 amide bonds. The molecule has 0 fully saturated rings. The largest absolute Gasteiger partial charge is 0.361 e. The topological polar surface area (TPSA) is 90.8 Å². The highest BCUT2D eigenvalue weighted by Crippen LogP contribution is 2.01. The zero-order chi connectivity index (χ0) is 11.8. The summed E-state index contributed by atoms with van der Waals surface area (Å²) in [5.74, 6) is 0. The molecule has 5 nitrogen and oxygen atoms in total. The van der Waals surface area contributed by atoms with Crippen molar-refractivity contribution in [1.29, 1.82) is 0 Å². The Morgan fingerprint density at radius 1 is 1.38 bits per heavy atom. The molecule has 1 aromatic rings. The molecule has 1 aromatic carbocycles. The SMILES string of the molecule is [N-]=[N+]=C1C=c2c(S(=O)(=O)O)cccc2=CC1. The molecule has 0 aliphatic heterocycles. The van der Waals surface area contributed by atoms with Crippen molar-refractivity contribution in [2.75, 3.05) is 0 Å². The van der Waals surface area contributed by atoms with E-state index >= 15 is 0 Å². The Kier molecular flexibility index (Phi) is 2.47. The van der Waals surface area contributed by atoms with Gasteiger partial charge in [0.1, 0.15) is 4.90 Å². The summed E-state index contributed by atoms with van der Waals surface area (Å²) in [7, 11) is -4.26. The average molecular weight is 236 g/mol. The molecule has 0 bridgehead atoms. The molecular weight excluding hydrogens is 228 g/mol. The van der Waals surface area contributed by atoms with Crippen LogP contribution in [-0.4, -0.2) is 23.5 Å². The van der Waals surface area contributed by atoms with Crippen molar-refractivity contribution < 1.29 is 17.8 Å². The van der Waals surface area contributed by atoms with Crippen molar-refractivity contribution in [3.8, 4) is 0 Å². The van der Waals surface area contributed by atoms with Gasteiger partial charge in [0.05, 0.1) is 6.42 Å². The van der Waals surface area contributed by atoms with Crippen molar-refractivity contribution in [3.05, 3.63) is 34.2 Å². The predicted molar refractivity (Wildman–Crippen MR) is 57.7 cm³/mol. The number of benzene rings is 1. The highest BCUT2D eigenvalue weighted by molar-refractivity contribution is 7.85. The lowest BCUT2D eigenvalue weighted by Gasteiger charge is -2.01. The van der Waals surface area contributed by atoms with Crippen LogP contribution in [0, 0.1) is 0 Å². The Bertz CT molecular complexity index is 713. The van der Waals surface area contributed by atoms with E-state index in [-0.39, 0.29) is 4.90 Å². The minimum atomic E-state index is -4.26. The van der Waals surface area contributed by atoms with Crippen LogP contribution in [0.25, 0.3) is 17.7 Å². The van der Waals surface area contributed by atoms with E-state index in [1.165, 1.54) is 12.1 Å². The van der Waals surface area contributed by atoms with E-state index in [0.717, 1.165) is 0 Å². The molecule has 82 valence electrons. The zero-order valence-electron chi connectivity index (χ0n) is 8.16. The predicted octanol–water partition coefficient (Wildman–Crippen LogP) is -0.431. The van der Waals surface area contributed by atoms with Crippen LogP contribution < -0.4 is 10.4 Å². The molecule has 16 heavy (non-hydrogen) atoms. The fraction of sp³-hybridized carbons (Fsp3) is 0.100. The Hall–Kier alpha value is -1.75. The summed E-state index contributed by atoms with van der Waals surface area (Å²) in [6.07, 6.45) is 3.61. The van der Waals surface area contributed by atoms with Gasteiger partial charge >= 0.3 is 0 Å². The third-order valence-corrected chi connectivity index (χ3v) is 3.26. The Morgan fingerprint density at radius 2 is 2.12 bits per heavy atom. The maximum absolute atomic E-state index is 11.1. The van der Waals surface area contributed by atoms with Crippen LogP contribution in [-0.2, 0) is 10.1 Å². The lowest BCUT2D eigenvalue weighted by molar-refractivity contribution is -0.00372.